The smallest absolute Gasteiger partial charge is 0.364 e. The molecule has 1 unspecified atom stereocenters. The summed E-state index contributed by atoms with van der Waals surface area (Å²) in [7, 11) is -2.08. The lowest BCUT2D eigenvalue weighted by Gasteiger charge is -2.25. The molecule has 65 heavy (non-hydrogen) atoms. The highest BCUT2D eigenvalue weighted by molar-refractivity contribution is 6.89. The van der Waals surface area contributed by atoms with Crippen LogP contribution in [0.3, 0.4) is 0 Å². The molecule has 7 aromatic carbocycles. The van der Waals surface area contributed by atoms with Gasteiger partial charge in [0.1, 0.15) is 22.7 Å². The molecule has 0 bridgehead atoms. The Bertz CT molecular complexity index is 3640. The van der Waals surface area contributed by atoms with E-state index < -0.39 is 19.6 Å². The molecule has 0 amide bonds. The summed E-state index contributed by atoms with van der Waals surface area (Å²) in [6.45, 7) is 18.0. The van der Waals surface area contributed by atoms with Crippen LogP contribution in [0.25, 0.3) is 83.6 Å². The monoisotopic (exact) mass is 866 g/mol. The van der Waals surface area contributed by atoms with Crippen LogP contribution < -0.4 is 14.3 Å². The number of nitrogens with zero attached hydrogens (tertiary/aromatic N) is 3. The Morgan fingerprint density at radius 1 is 0.708 bits per heavy atom. The third kappa shape index (κ3) is 5.59. The fourth-order valence-corrected chi connectivity index (χ4v) is 12.7. The van der Waals surface area contributed by atoms with Gasteiger partial charge >= 0.3 is 11.5 Å². The minimum atomic E-state index is -2.08. The van der Waals surface area contributed by atoms with Crippen molar-refractivity contribution in [3.05, 3.63) is 192 Å². The molecule has 10 aromatic rings. The van der Waals surface area contributed by atoms with Gasteiger partial charge in [0.05, 0.1) is 24.8 Å². The highest BCUT2D eigenvalue weighted by Gasteiger charge is 2.67. The molecular formula is C59H52FN3OSi+2. The maximum atomic E-state index is 14.3. The number of pyridine rings is 1. The van der Waals surface area contributed by atoms with Crippen LogP contribution in [0.15, 0.2) is 168 Å². The van der Waals surface area contributed by atoms with Crippen molar-refractivity contribution in [3.63, 3.8) is 0 Å². The number of aromatic nitrogens is 3. The maximum Gasteiger partial charge on any atom is 0.364 e. The Kier molecular flexibility index (Phi) is 8.19. The van der Waals surface area contributed by atoms with E-state index in [1.54, 1.807) is 0 Å². The molecule has 4 nitrogen and oxygen atoms in total. The predicted octanol–water partition coefficient (Wildman–Crippen LogP) is 13.8. The van der Waals surface area contributed by atoms with Crippen LogP contribution in [0.2, 0.25) is 19.6 Å². The molecule has 1 spiro atoms. The van der Waals surface area contributed by atoms with Gasteiger partial charge in [0, 0.05) is 23.4 Å². The van der Waals surface area contributed by atoms with Gasteiger partial charge in [-0.1, -0.05) is 139 Å². The van der Waals surface area contributed by atoms with Crippen LogP contribution in [-0.2, 0) is 11.1 Å². The highest BCUT2D eigenvalue weighted by Crippen LogP contribution is 2.53. The molecule has 318 valence electrons. The summed E-state index contributed by atoms with van der Waals surface area (Å²) in [5, 5.41) is 3.28. The van der Waals surface area contributed by atoms with Gasteiger partial charge in [0.15, 0.2) is 22.8 Å². The van der Waals surface area contributed by atoms with Crippen LogP contribution in [-0.4, -0.2) is 12.6 Å². The fraction of sp³-hybridized carbons (Fsp3) is 0.186. The number of hydrogen-bond acceptors (Lipinski definition) is 1. The summed E-state index contributed by atoms with van der Waals surface area (Å²) < 4.78 is 38.8. The van der Waals surface area contributed by atoms with E-state index in [4.69, 9.17) is 4.42 Å². The first-order valence-corrected chi connectivity index (χ1v) is 26.3. The second kappa shape index (κ2) is 13.8. The SMILES string of the molecule is [2H]C(C)(C)c1cc2[n+](cc1[Si](C)(C)C)C1(c3ccc(-c4ccccc4)cc3-2)c2ccc3c(oc4cccc(-c5ccc(F)cc5)c43)c2-c2n(-c3ccc(C(C)(C)C)cc3)c3ccccc3[n+]21. The lowest BCUT2D eigenvalue weighted by atomic mass is 9.87. The van der Waals surface area contributed by atoms with E-state index >= 15 is 0 Å². The van der Waals surface area contributed by atoms with Gasteiger partial charge in [0.2, 0.25) is 5.69 Å². The van der Waals surface area contributed by atoms with Gasteiger partial charge in [0.25, 0.3) is 0 Å². The van der Waals surface area contributed by atoms with Crippen LogP contribution >= 0.6 is 0 Å². The Morgan fingerprint density at radius 3 is 2.14 bits per heavy atom. The van der Waals surface area contributed by atoms with E-state index in [1.807, 2.05) is 32.0 Å². The van der Waals surface area contributed by atoms with Crippen molar-refractivity contribution in [2.45, 2.75) is 71.2 Å². The average molecular weight is 867 g/mol. The molecule has 0 aliphatic carbocycles. The lowest BCUT2D eigenvalue weighted by Crippen LogP contribution is -2.72. The molecule has 12 rings (SSSR count). The maximum absolute atomic E-state index is 14.3. The molecular weight excluding hydrogens is 814 g/mol. The van der Waals surface area contributed by atoms with Gasteiger partial charge < -0.3 is 4.42 Å². The minimum absolute atomic E-state index is 0.0135. The Morgan fingerprint density at radius 2 is 1.42 bits per heavy atom. The van der Waals surface area contributed by atoms with Gasteiger partial charge in [-0.3, -0.25) is 0 Å². The van der Waals surface area contributed by atoms with E-state index in [0.717, 1.165) is 94.7 Å². The van der Waals surface area contributed by atoms with Crippen molar-refractivity contribution >= 4 is 46.2 Å². The Hall–Kier alpha value is -6.89. The standard InChI is InChI=1S/C59H52FN3OSi/c1-36(2)45-34-51-46-33-39(37-15-10-9-11-16-37)23-31-47(46)59(61(51)35-53(45)65(6,7)8)48-32-30-44-54-43(38-21-26-41(60)27-22-38)17-14-20-52(54)64-56(44)55(48)57-62(49-18-12-13-19-50(49)63(57)59)42-28-24-40(25-29-42)58(3,4)5/h9-36H,1-8H3/q+2/i36D. The topological polar surface area (TPSA) is 25.8 Å². The van der Waals surface area contributed by atoms with Crippen molar-refractivity contribution in [1.29, 1.82) is 0 Å². The van der Waals surface area contributed by atoms with Crippen LogP contribution in [0.5, 0.6) is 0 Å². The van der Waals surface area contributed by atoms with Crippen LogP contribution in [0, 0.1) is 5.82 Å². The van der Waals surface area contributed by atoms with E-state index in [2.05, 4.69) is 188 Å². The first-order valence-electron chi connectivity index (χ1n) is 23.3. The molecule has 2 aliphatic heterocycles. The van der Waals surface area contributed by atoms with Crippen molar-refractivity contribution in [2.24, 2.45) is 0 Å². The molecule has 0 radical (unpaired) electrons. The van der Waals surface area contributed by atoms with Crippen molar-refractivity contribution in [1.82, 2.24) is 4.57 Å². The Labute approximate surface area is 382 Å². The number of fused-ring (bicyclic) bond motifs is 16. The predicted molar refractivity (Wildman–Crippen MR) is 266 cm³/mol. The molecule has 6 heteroatoms. The van der Waals surface area contributed by atoms with Crippen molar-refractivity contribution in [3.8, 4) is 50.6 Å². The molecule has 0 fully saturated rings. The summed E-state index contributed by atoms with van der Waals surface area (Å²) in [5.41, 5.74) is 16.0. The van der Waals surface area contributed by atoms with Gasteiger partial charge in [-0.25, -0.2) is 4.39 Å². The molecule has 3 aromatic heterocycles. The quantitative estimate of drug-likeness (QED) is 0.125. The summed E-state index contributed by atoms with van der Waals surface area (Å²) in [4.78, 5) is 0. The van der Waals surface area contributed by atoms with E-state index in [1.165, 1.54) is 28.4 Å². The zero-order chi connectivity index (χ0) is 45.7. The molecule has 0 N–H and O–H groups in total. The van der Waals surface area contributed by atoms with E-state index in [0.29, 0.717) is 0 Å². The molecule has 5 heterocycles. The zero-order valence-corrected chi connectivity index (χ0v) is 39.2. The fourth-order valence-electron chi connectivity index (χ4n) is 11.0. The number of hydrogen-bond donors (Lipinski definition) is 0. The van der Waals surface area contributed by atoms with E-state index in [-0.39, 0.29) is 11.2 Å². The first kappa shape index (κ1) is 38.6. The largest absolute Gasteiger partial charge is 0.455 e. The molecule has 1 atom stereocenters. The summed E-state index contributed by atoms with van der Waals surface area (Å²) in [5.74, 6) is -0.0668. The number of rotatable bonds is 5. The number of benzene rings is 7. The summed E-state index contributed by atoms with van der Waals surface area (Å²) in [6, 6.07) is 55.5. The van der Waals surface area contributed by atoms with Crippen molar-refractivity contribution in [2.75, 3.05) is 0 Å². The van der Waals surface area contributed by atoms with Gasteiger partial charge in [-0.05, 0) is 111 Å². The highest BCUT2D eigenvalue weighted by atomic mass is 28.3. The third-order valence-corrected chi connectivity index (χ3v) is 16.1. The Balaban J connectivity index is 1.28. The second-order valence-corrected chi connectivity index (χ2v) is 25.4. The summed E-state index contributed by atoms with van der Waals surface area (Å²) >= 11 is 0. The zero-order valence-electron chi connectivity index (χ0n) is 39.2. The van der Waals surface area contributed by atoms with Crippen molar-refractivity contribution < 1.29 is 19.3 Å². The molecule has 2 aliphatic rings. The first-order chi connectivity index (χ1) is 31.5. The normalized spacial score (nSPS) is 15.7. The molecule has 0 saturated carbocycles. The summed E-state index contributed by atoms with van der Waals surface area (Å²) in [6.07, 6.45) is 2.43. The van der Waals surface area contributed by atoms with E-state index in [9.17, 15) is 5.76 Å². The second-order valence-electron chi connectivity index (χ2n) is 20.3. The average Bonchev–Trinajstić information content (AvgIpc) is 4.01. The number of halogens is 1. The minimum Gasteiger partial charge on any atom is -0.455 e. The molecule has 0 saturated heterocycles. The van der Waals surface area contributed by atoms with Crippen LogP contribution in [0.4, 0.5) is 4.39 Å². The van der Waals surface area contributed by atoms with Crippen LogP contribution in [0.1, 0.15) is 64.1 Å². The van der Waals surface area contributed by atoms with Gasteiger partial charge in [-0.15, -0.1) is 9.13 Å². The van der Waals surface area contributed by atoms with Gasteiger partial charge in [-0.2, -0.15) is 4.57 Å². The number of imidazole rings is 1. The third-order valence-electron chi connectivity index (χ3n) is 14.1. The number of furan rings is 1. The number of para-hydroxylation sites is 2. The lowest BCUT2D eigenvalue weighted by molar-refractivity contribution is -0.944.